The van der Waals surface area contributed by atoms with Crippen LogP contribution in [0.3, 0.4) is 0 Å². The van der Waals surface area contributed by atoms with Crippen LogP contribution in [-0.2, 0) is 4.79 Å². The molecule has 0 aliphatic carbocycles. The van der Waals surface area contributed by atoms with Gasteiger partial charge in [-0.25, -0.2) is 9.37 Å². The molecule has 0 N–H and O–H groups in total. The summed E-state index contributed by atoms with van der Waals surface area (Å²) in [7, 11) is 0. The number of hydrogen-bond donors (Lipinski definition) is 0. The summed E-state index contributed by atoms with van der Waals surface area (Å²) in [4.78, 5) is 19.6. The van der Waals surface area contributed by atoms with Gasteiger partial charge in [-0.1, -0.05) is 12.1 Å². The third kappa shape index (κ3) is 4.33. The van der Waals surface area contributed by atoms with Crippen LogP contribution >= 0.6 is 11.3 Å². The number of fused-ring (bicyclic) bond motifs is 1. The Morgan fingerprint density at radius 3 is 2.82 bits per heavy atom. The minimum Gasteiger partial charge on any atom is -0.494 e. The lowest BCUT2D eigenvalue weighted by Gasteiger charge is -2.34. The molecular weight excluding hydrogens is 375 g/mol. The minimum atomic E-state index is -0.284. The van der Waals surface area contributed by atoms with E-state index in [-0.39, 0.29) is 17.8 Å². The van der Waals surface area contributed by atoms with Crippen LogP contribution in [0.5, 0.6) is 5.75 Å². The van der Waals surface area contributed by atoms with E-state index < -0.39 is 0 Å². The fourth-order valence-electron chi connectivity index (χ4n) is 3.61. The highest BCUT2D eigenvalue weighted by Gasteiger charge is 2.29. The predicted octanol–water partition coefficient (Wildman–Crippen LogP) is 5.35. The number of aromatic nitrogens is 1. The Balaban J connectivity index is 1.35. The lowest BCUT2D eigenvalue weighted by atomic mass is 10.0. The van der Waals surface area contributed by atoms with E-state index in [4.69, 9.17) is 9.72 Å². The van der Waals surface area contributed by atoms with Gasteiger partial charge in [0.2, 0.25) is 5.91 Å². The predicted molar refractivity (Wildman–Crippen MR) is 109 cm³/mol. The monoisotopic (exact) mass is 398 g/mol. The van der Waals surface area contributed by atoms with Crippen molar-refractivity contribution in [1.82, 2.24) is 9.88 Å². The van der Waals surface area contributed by atoms with E-state index in [2.05, 4.69) is 6.07 Å². The first-order valence-corrected chi connectivity index (χ1v) is 10.6. The summed E-state index contributed by atoms with van der Waals surface area (Å²) in [6.07, 6.45) is 4.22. The van der Waals surface area contributed by atoms with E-state index in [9.17, 15) is 9.18 Å². The topological polar surface area (TPSA) is 42.4 Å². The number of nitrogens with zero attached hydrogens (tertiary/aromatic N) is 2. The third-order valence-electron chi connectivity index (χ3n) is 5.04. The summed E-state index contributed by atoms with van der Waals surface area (Å²) in [5, 5.41) is 1.04. The van der Waals surface area contributed by atoms with Gasteiger partial charge in [0.25, 0.3) is 0 Å². The van der Waals surface area contributed by atoms with E-state index in [0.717, 1.165) is 36.3 Å². The van der Waals surface area contributed by atoms with Crippen molar-refractivity contribution in [2.24, 2.45) is 0 Å². The fraction of sp³-hybridized carbons (Fsp3) is 0.364. The van der Waals surface area contributed by atoms with Crippen molar-refractivity contribution in [1.29, 1.82) is 0 Å². The molecule has 4 rings (SSSR count). The average molecular weight is 399 g/mol. The molecule has 1 aliphatic heterocycles. The first-order valence-electron chi connectivity index (χ1n) is 9.74. The summed E-state index contributed by atoms with van der Waals surface area (Å²) in [5.74, 6) is 0.499. The van der Waals surface area contributed by atoms with Crippen molar-refractivity contribution in [3.8, 4) is 5.75 Å². The normalized spacial score (nSPS) is 17.0. The number of carbonyl (C=O) groups excluding carboxylic acids is 1. The molecule has 1 atom stereocenters. The molecular formula is C22H23FN2O2S. The number of carbonyl (C=O) groups is 1. The highest BCUT2D eigenvalue weighted by Crippen LogP contribution is 2.36. The molecule has 0 spiro atoms. The van der Waals surface area contributed by atoms with Crippen molar-refractivity contribution >= 4 is 27.5 Å². The Labute approximate surface area is 168 Å². The van der Waals surface area contributed by atoms with E-state index in [1.165, 1.54) is 16.8 Å². The minimum absolute atomic E-state index is 0.0802. The van der Waals surface area contributed by atoms with Gasteiger partial charge in [0.15, 0.2) is 0 Å². The molecule has 28 heavy (non-hydrogen) atoms. The maximum atomic E-state index is 12.9. The first-order chi connectivity index (χ1) is 13.7. The number of piperidine rings is 1. The maximum absolute atomic E-state index is 12.9. The zero-order chi connectivity index (χ0) is 19.3. The van der Waals surface area contributed by atoms with Crippen molar-refractivity contribution in [2.75, 3.05) is 13.2 Å². The molecule has 3 aromatic rings. The smallest absolute Gasteiger partial charge is 0.223 e. The highest BCUT2D eigenvalue weighted by molar-refractivity contribution is 7.18. The fourth-order valence-corrected chi connectivity index (χ4v) is 4.72. The van der Waals surface area contributed by atoms with Crippen LogP contribution in [0.2, 0.25) is 0 Å². The number of halogens is 1. The van der Waals surface area contributed by atoms with Gasteiger partial charge in [-0.15, -0.1) is 11.3 Å². The number of benzene rings is 2. The number of amides is 1. The molecule has 0 unspecified atom stereocenters. The number of hydrogen-bond acceptors (Lipinski definition) is 4. The Morgan fingerprint density at radius 2 is 2.00 bits per heavy atom. The molecule has 1 saturated heterocycles. The first kappa shape index (κ1) is 18.9. The van der Waals surface area contributed by atoms with E-state index in [0.29, 0.717) is 25.2 Å². The number of ether oxygens (including phenoxy) is 1. The van der Waals surface area contributed by atoms with Gasteiger partial charge in [-0.05, 0) is 62.1 Å². The summed E-state index contributed by atoms with van der Waals surface area (Å²) in [6, 6.07) is 14.2. The zero-order valence-corrected chi connectivity index (χ0v) is 16.5. The molecule has 0 saturated carbocycles. The number of likely N-dealkylation sites (tertiary alicyclic amines) is 1. The quantitative estimate of drug-likeness (QED) is 0.526. The summed E-state index contributed by atoms with van der Waals surface area (Å²) in [6.45, 7) is 1.23. The number of para-hydroxylation sites is 1. The van der Waals surface area contributed by atoms with Crippen LogP contribution in [0.15, 0.2) is 48.5 Å². The SMILES string of the molecule is O=C(CCCOc1ccc(F)cc1)N1CCCC[C@H]1c1nc2ccccc2s1. The Hall–Kier alpha value is -2.47. The van der Waals surface area contributed by atoms with Gasteiger partial charge < -0.3 is 9.64 Å². The number of thiazole rings is 1. The lowest BCUT2D eigenvalue weighted by molar-refractivity contribution is -0.135. The standard InChI is InChI=1S/C22H23FN2O2S/c23-16-10-12-17(13-11-16)27-15-5-9-21(26)25-14-4-3-7-19(25)22-24-18-6-1-2-8-20(18)28-22/h1-2,6,8,10-13,19H,3-5,7,9,14-15H2/t19-/m0/s1. The van der Waals surface area contributed by atoms with Crippen molar-refractivity contribution in [3.05, 3.63) is 59.4 Å². The molecule has 1 aliphatic rings. The second kappa shape index (κ2) is 8.69. The third-order valence-corrected chi connectivity index (χ3v) is 6.17. The Morgan fingerprint density at radius 1 is 1.18 bits per heavy atom. The Bertz CT molecular complexity index is 908. The van der Waals surface area contributed by atoms with Crippen LogP contribution in [0, 0.1) is 5.82 Å². The van der Waals surface area contributed by atoms with Gasteiger partial charge in [0, 0.05) is 13.0 Å². The molecule has 0 bridgehead atoms. The highest BCUT2D eigenvalue weighted by atomic mass is 32.1. The molecule has 146 valence electrons. The maximum Gasteiger partial charge on any atom is 0.223 e. The van der Waals surface area contributed by atoms with E-state index in [1.807, 2.05) is 23.1 Å². The Kier molecular flexibility index (Phi) is 5.86. The molecule has 2 aromatic carbocycles. The summed E-state index contributed by atoms with van der Waals surface area (Å²) < 4.78 is 19.7. The van der Waals surface area contributed by atoms with Crippen LogP contribution in [0.25, 0.3) is 10.2 Å². The van der Waals surface area contributed by atoms with Crippen molar-refractivity contribution < 1.29 is 13.9 Å². The van der Waals surface area contributed by atoms with Crippen molar-refractivity contribution in [2.45, 2.75) is 38.1 Å². The molecule has 1 amide bonds. The lowest BCUT2D eigenvalue weighted by Crippen LogP contribution is -2.38. The second-order valence-electron chi connectivity index (χ2n) is 7.02. The molecule has 6 heteroatoms. The van der Waals surface area contributed by atoms with Crippen LogP contribution in [-0.4, -0.2) is 28.9 Å². The van der Waals surface area contributed by atoms with Gasteiger partial charge in [-0.2, -0.15) is 0 Å². The van der Waals surface area contributed by atoms with Crippen LogP contribution < -0.4 is 4.74 Å². The molecule has 0 radical (unpaired) electrons. The zero-order valence-electron chi connectivity index (χ0n) is 15.6. The summed E-state index contributed by atoms with van der Waals surface area (Å²) in [5.41, 5.74) is 1.01. The van der Waals surface area contributed by atoms with Gasteiger partial charge in [0.05, 0.1) is 22.9 Å². The van der Waals surface area contributed by atoms with Crippen LogP contribution in [0.1, 0.15) is 43.2 Å². The van der Waals surface area contributed by atoms with Gasteiger partial charge in [0.1, 0.15) is 16.6 Å². The van der Waals surface area contributed by atoms with Crippen molar-refractivity contribution in [3.63, 3.8) is 0 Å². The van der Waals surface area contributed by atoms with Gasteiger partial charge in [-0.3, -0.25) is 4.79 Å². The second-order valence-corrected chi connectivity index (χ2v) is 8.09. The molecule has 4 nitrogen and oxygen atoms in total. The number of rotatable bonds is 6. The summed E-state index contributed by atoms with van der Waals surface area (Å²) >= 11 is 1.69. The average Bonchev–Trinajstić information content (AvgIpc) is 3.16. The molecule has 1 fully saturated rings. The van der Waals surface area contributed by atoms with E-state index in [1.54, 1.807) is 23.5 Å². The largest absolute Gasteiger partial charge is 0.494 e. The van der Waals surface area contributed by atoms with Crippen LogP contribution in [0.4, 0.5) is 4.39 Å². The molecule has 2 heterocycles. The van der Waals surface area contributed by atoms with E-state index >= 15 is 0 Å². The van der Waals surface area contributed by atoms with Gasteiger partial charge >= 0.3 is 0 Å². The molecule has 1 aromatic heterocycles.